The minimum absolute atomic E-state index is 0.202. The lowest BCUT2D eigenvalue weighted by atomic mass is 9.89. The molecule has 0 aromatic carbocycles. The van der Waals surface area contributed by atoms with E-state index in [9.17, 15) is 4.79 Å². The summed E-state index contributed by atoms with van der Waals surface area (Å²) in [6.45, 7) is 5.94. The lowest BCUT2D eigenvalue weighted by Gasteiger charge is -2.36. The summed E-state index contributed by atoms with van der Waals surface area (Å²) < 4.78 is 5.65. The second-order valence-electron chi connectivity index (χ2n) is 5.24. The molecule has 1 aliphatic carbocycles. The number of ether oxygens (including phenoxy) is 1. The van der Waals surface area contributed by atoms with Crippen molar-refractivity contribution in [1.82, 2.24) is 10.3 Å². The van der Waals surface area contributed by atoms with Crippen molar-refractivity contribution < 1.29 is 9.53 Å². The fourth-order valence-electron chi connectivity index (χ4n) is 2.13. The summed E-state index contributed by atoms with van der Waals surface area (Å²) in [5.41, 5.74) is 0.881. The van der Waals surface area contributed by atoms with Crippen molar-refractivity contribution in [1.29, 1.82) is 0 Å². The standard InChI is InChI=1S/C14H21N3O2/c1-9(2)19-12-7-11(8-12)16-14(18)17-13-6-4-5-10(3)15-13/h4-6,9,11-12H,7-8H2,1-3H3,(H2,15,16,17,18). The number of aryl methyl sites for hydroxylation is 1. The summed E-state index contributed by atoms with van der Waals surface area (Å²) in [5, 5.41) is 5.65. The van der Waals surface area contributed by atoms with E-state index in [0.29, 0.717) is 5.82 Å². The molecule has 1 saturated carbocycles. The molecule has 0 atom stereocenters. The number of amides is 2. The van der Waals surface area contributed by atoms with Crippen molar-refractivity contribution in [2.24, 2.45) is 0 Å². The van der Waals surface area contributed by atoms with Gasteiger partial charge in [0, 0.05) is 11.7 Å². The van der Waals surface area contributed by atoms with Crippen molar-refractivity contribution >= 4 is 11.8 Å². The van der Waals surface area contributed by atoms with E-state index < -0.39 is 0 Å². The number of hydrogen-bond donors (Lipinski definition) is 2. The monoisotopic (exact) mass is 263 g/mol. The van der Waals surface area contributed by atoms with Gasteiger partial charge in [0.05, 0.1) is 12.2 Å². The van der Waals surface area contributed by atoms with Gasteiger partial charge >= 0.3 is 6.03 Å². The van der Waals surface area contributed by atoms with Gasteiger partial charge in [-0.2, -0.15) is 0 Å². The van der Waals surface area contributed by atoms with Crippen molar-refractivity contribution in [2.45, 2.75) is 51.9 Å². The van der Waals surface area contributed by atoms with Crippen LogP contribution in [0.1, 0.15) is 32.4 Å². The molecule has 2 amide bonds. The van der Waals surface area contributed by atoms with Gasteiger partial charge in [-0.1, -0.05) is 6.07 Å². The van der Waals surface area contributed by atoms with E-state index in [-0.39, 0.29) is 24.3 Å². The summed E-state index contributed by atoms with van der Waals surface area (Å²) in [5.74, 6) is 0.576. The first-order chi connectivity index (χ1) is 9.02. The highest BCUT2D eigenvalue weighted by atomic mass is 16.5. The number of nitrogens with one attached hydrogen (secondary N) is 2. The molecule has 104 valence electrons. The van der Waals surface area contributed by atoms with Crippen molar-refractivity contribution in [3.63, 3.8) is 0 Å². The van der Waals surface area contributed by atoms with Gasteiger partial charge in [0.2, 0.25) is 0 Å². The quantitative estimate of drug-likeness (QED) is 0.877. The van der Waals surface area contributed by atoms with E-state index in [4.69, 9.17) is 4.74 Å². The molecule has 19 heavy (non-hydrogen) atoms. The minimum atomic E-state index is -0.203. The van der Waals surface area contributed by atoms with Crippen LogP contribution in [0.3, 0.4) is 0 Å². The predicted molar refractivity (Wildman–Crippen MR) is 74.2 cm³/mol. The first-order valence-electron chi connectivity index (χ1n) is 6.69. The maximum atomic E-state index is 11.8. The van der Waals surface area contributed by atoms with Crippen LogP contribution >= 0.6 is 0 Å². The van der Waals surface area contributed by atoms with E-state index in [2.05, 4.69) is 15.6 Å². The first kappa shape index (κ1) is 13.8. The molecule has 5 heteroatoms. The van der Waals surface area contributed by atoms with Crippen LogP contribution in [0.4, 0.5) is 10.6 Å². The molecule has 1 heterocycles. The molecule has 1 fully saturated rings. The minimum Gasteiger partial charge on any atom is -0.375 e. The number of hydrogen-bond acceptors (Lipinski definition) is 3. The van der Waals surface area contributed by atoms with Gasteiger partial charge in [-0.15, -0.1) is 0 Å². The zero-order chi connectivity index (χ0) is 13.8. The van der Waals surface area contributed by atoms with Gasteiger partial charge in [0.25, 0.3) is 0 Å². The number of aromatic nitrogens is 1. The second-order valence-corrected chi connectivity index (χ2v) is 5.24. The third-order valence-electron chi connectivity index (χ3n) is 3.02. The van der Waals surface area contributed by atoms with Crippen LogP contribution in [-0.2, 0) is 4.74 Å². The number of carbonyl (C=O) groups excluding carboxylic acids is 1. The Labute approximate surface area is 113 Å². The van der Waals surface area contributed by atoms with Crippen molar-refractivity contribution in [3.8, 4) is 0 Å². The van der Waals surface area contributed by atoms with Crippen LogP contribution in [0.15, 0.2) is 18.2 Å². The van der Waals surface area contributed by atoms with Crippen molar-refractivity contribution in [2.75, 3.05) is 5.32 Å². The molecule has 0 saturated heterocycles. The molecule has 0 bridgehead atoms. The number of pyridine rings is 1. The number of nitrogens with zero attached hydrogens (tertiary/aromatic N) is 1. The Balaban J connectivity index is 1.72. The van der Waals surface area contributed by atoms with Crippen LogP contribution in [0.25, 0.3) is 0 Å². The Morgan fingerprint density at radius 2 is 2.16 bits per heavy atom. The Kier molecular flexibility index (Phi) is 4.37. The predicted octanol–water partition coefficient (Wildman–Crippen LogP) is 2.47. The Morgan fingerprint density at radius 3 is 2.79 bits per heavy atom. The summed E-state index contributed by atoms with van der Waals surface area (Å²) in [6, 6.07) is 5.54. The van der Waals surface area contributed by atoms with Crippen LogP contribution < -0.4 is 10.6 Å². The average Bonchev–Trinajstić information content (AvgIpc) is 2.25. The van der Waals surface area contributed by atoms with E-state index in [1.165, 1.54) is 0 Å². The third kappa shape index (κ3) is 4.21. The fourth-order valence-corrected chi connectivity index (χ4v) is 2.13. The average molecular weight is 263 g/mol. The molecule has 2 N–H and O–H groups in total. The smallest absolute Gasteiger partial charge is 0.320 e. The van der Waals surface area contributed by atoms with Gasteiger partial charge in [-0.05, 0) is 45.7 Å². The molecule has 5 nitrogen and oxygen atoms in total. The van der Waals surface area contributed by atoms with Crippen LogP contribution in [-0.4, -0.2) is 29.3 Å². The molecule has 1 aliphatic rings. The molecule has 0 aliphatic heterocycles. The SMILES string of the molecule is Cc1cccc(NC(=O)NC2CC(OC(C)C)C2)n1. The van der Waals surface area contributed by atoms with Crippen LogP contribution in [0.5, 0.6) is 0 Å². The van der Waals surface area contributed by atoms with Crippen LogP contribution in [0, 0.1) is 6.92 Å². The highest BCUT2D eigenvalue weighted by Gasteiger charge is 2.31. The highest BCUT2D eigenvalue weighted by molar-refractivity contribution is 5.88. The summed E-state index contributed by atoms with van der Waals surface area (Å²) in [6.07, 6.45) is 2.29. The number of urea groups is 1. The van der Waals surface area contributed by atoms with Crippen LogP contribution in [0.2, 0.25) is 0 Å². The van der Waals surface area contributed by atoms with Gasteiger partial charge < -0.3 is 10.1 Å². The van der Waals surface area contributed by atoms with Gasteiger partial charge in [0.1, 0.15) is 5.82 Å². The molecule has 0 unspecified atom stereocenters. The van der Waals surface area contributed by atoms with E-state index in [0.717, 1.165) is 18.5 Å². The third-order valence-corrected chi connectivity index (χ3v) is 3.02. The molecular weight excluding hydrogens is 242 g/mol. The number of anilines is 1. The zero-order valence-corrected chi connectivity index (χ0v) is 11.6. The van der Waals surface area contributed by atoms with E-state index in [1.54, 1.807) is 6.07 Å². The normalized spacial score (nSPS) is 21.9. The summed E-state index contributed by atoms with van der Waals surface area (Å²) >= 11 is 0. The fraction of sp³-hybridized carbons (Fsp3) is 0.571. The van der Waals surface area contributed by atoms with E-state index in [1.807, 2.05) is 32.9 Å². The Hall–Kier alpha value is -1.62. The number of carbonyl (C=O) groups is 1. The van der Waals surface area contributed by atoms with Gasteiger partial charge in [-0.25, -0.2) is 9.78 Å². The largest absolute Gasteiger partial charge is 0.375 e. The second kappa shape index (κ2) is 6.02. The molecule has 1 aromatic heterocycles. The van der Waals surface area contributed by atoms with Gasteiger partial charge in [-0.3, -0.25) is 5.32 Å². The number of rotatable bonds is 4. The van der Waals surface area contributed by atoms with Gasteiger partial charge in [0.15, 0.2) is 0 Å². The lowest BCUT2D eigenvalue weighted by Crippen LogP contribution is -2.49. The lowest BCUT2D eigenvalue weighted by molar-refractivity contribution is -0.0473. The molecular formula is C14H21N3O2. The topological polar surface area (TPSA) is 63.2 Å². The molecule has 0 spiro atoms. The Bertz CT molecular complexity index is 442. The molecule has 1 aromatic rings. The molecule has 2 rings (SSSR count). The zero-order valence-electron chi connectivity index (χ0n) is 11.6. The van der Waals surface area contributed by atoms with Crippen molar-refractivity contribution in [3.05, 3.63) is 23.9 Å². The molecule has 0 radical (unpaired) electrons. The van der Waals surface area contributed by atoms with E-state index >= 15 is 0 Å². The Morgan fingerprint density at radius 1 is 1.42 bits per heavy atom. The summed E-state index contributed by atoms with van der Waals surface area (Å²) in [4.78, 5) is 16.0. The summed E-state index contributed by atoms with van der Waals surface area (Å²) in [7, 11) is 0. The maximum absolute atomic E-state index is 11.8. The highest BCUT2D eigenvalue weighted by Crippen LogP contribution is 2.24. The maximum Gasteiger partial charge on any atom is 0.320 e. The first-order valence-corrected chi connectivity index (χ1v) is 6.69.